The van der Waals surface area contributed by atoms with Crippen molar-refractivity contribution >= 4 is 29.1 Å². The number of methoxy groups -OCH3 is 1. The van der Waals surface area contributed by atoms with Crippen molar-refractivity contribution in [2.75, 3.05) is 46.6 Å². The monoisotopic (exact) mass is 494 g/mol. The van der Waals surface area contributed by atoms with Crippen LogP contribution in [0.4, 0.5) is 0 Å². The molecule has 1 aliphatic rings. The normalized spacial score (nSPS) is 17.0. The molecule has 1 saturated heterocycles. The molecule has 1 aliphatic heterocycles. The van der Waals surface area contributed by atoms with E-state index in [4.69, 9.17) is 43.1 Å². The SMILES string of the molecule is COCC1CCCN(C(=O)C(CN)Cc2ccc(OCCOc3c(Cl)cccc3Cl)cc2)C1. The minimum Gasteiger partial charge on any atom is -0.490 e. The number of piperidine rings is 1. The van der Waals surface area contributed by atoms with E-state index >= 15 is 0 Å². The summed E-state index contributed by atoms with van der Waals surface area (Å²) in [6, 6.07) is 13.0. The zero-order valence-corrected chi connectivity index (χ0v) is 20.5. The van der Waals surface area contributed by atoms with Crippen molar-refractivity contribution in [3.8, 4) is 11.5 Å². The Hall–Kier alpha value is -1.99. The van der Waals surface area contributed by atoms with E-state index in [9.17, 15) is 4.79 Å². The Morgan fingerprint density at radius 1 is 1.12 bits per heavy atom. The van der Waals surface area contributed by atoms with Gasteiger partial charge in [-0.05, 0) is 55.0 Å². The molecule has 0 aromatic heterocycles. The topological polar surface area (TPSA) is 74.0 Å². The lowest BCUT2D eigenvalue weighted by Gasteiger charge is -2.34. The van der Waals surface area contributed by atoms with E-state index in [2.05, 4.69) is 0 Å². The van der Waals surface area contributed by atoms with Gasteiger partial charge in [0.05, 0.1) is 22.6 Å². The summed E-state index contributed by atoms with van der Waals surface area (Å²) >= 11 is 12.2. The Kier molecular flexibility index (Phi) is 10.1. The van der Waals surface area contributed by atoms with Gasteiger partial charge in [-0.25, -0.2) is 0 Å². The van der Waals surface area contributed by atoms with Crippen LogP contribution in [-0.2, 0) is 16.0 Å². The van der Waals surface area contributed by atoms with Gasteiger partial charge in [0.25, 0.3) is 0 Å². The van der Waals surface area contributed by atoms with Crippen LogP contribution >= 0.6 is 23.2 Å². The third kappa shape index (κ3) is 7.51. The zero-order chi connectivity index (χ0) is 23.6. The summed E-state index contributed by atoms with van der Waals surface area (Å²) in [5.74, 6) is 1.49. The first kappa shape index (κ1) is 25.6. The van der Waals surface area contributed by atoms with Gasteiger partial charge < -0.3 is 24.8 Å². The van der Waals surface area contributed by atoms with Gasteiger partial charge in [0, 0.05) is 26.7 Å². The Balaban J connectivity index is 1.47. The van der Waals surface area contributed by atoms with Gasteiger partial charge in [0.1, 0.15) is 19.0 Å². The van der Waals surface area contributed by atoms with Crippen LogP contribution in [0.5, 0.6) is 11.5 Å². The van der Waals surface area contributed by atoms with Gasteiger partial charge in [-0.15, -0.1) is 0 Å². The lowest BCUT2D eigenvalue weighted by atomic mass is 9.94. The van der Waals surface area contributed by atoms with Gasteiger partial charge in [-0.3, -0.25) is 4.79 Å². The number of nitrogens with zero attached hydrogens (tertiary/aromatic N) is 1. The second-order valence-electron chi connectivity index (χ2n) is 8.28. The van der Waals surface area contributed by atoms with Crippen molar-refractivity contribution in [1.29, 1.82) is 0 Å². The second kappa shape index (κ2) is 13.0. The van der Waals surface area contributed by atoms with E-state index in [1.54, 1.807) is 25.3 Å². The first-order valence-corrected chi connectivity index (χ1v) is 12.0. The molecule has 33 heavy (non-hydrogen) atoms. The molecule has 1 fully saturated rings. The number of rotatable bonds is 11. The van der Waals surface area contributed by atoms with Crippen LogP contribution in [0.15, 0.2) is 42.5 Å². The Labute approximate surface area is 205 Å². The number of likely N-dealkylation sites (tertiary alicyclic amines) is 1. The molecule has 2 atom stereocenters. The molecule has 0 bridgehead atoms. The standard InChI is InChI=1S/C25H32Cl2N2O4/c1-31-17-19-4-3-11-29(16-19)25(30)20(15-28)14-18-7-9-21(10-8-18)32-12-13-33-24-22(26)5-2-6-23(24)27/h2,5-10,19-20H,3-4,11-17,28H2,1H3. The van der Waals surface area contributed by atoms with Gasteiger partial charge in [0.15, 0.2) is 5.75 Å². The van der Waals surface area contributed by atoms with E-state index < -0.39 is 0 Å². The van der Waals surface area contributed by atoms with Crippen LogP contribution in [-0.4, -0.2) is 57.4 Å². The number of hydrogen-bond acceptors (Lipinski definition) is 5. The molecular formula is C25H32Cl2N2O4. The van der Waals surface area contributed by atoms with Crippen LogP contribution in [0.25, 0.3) is 0 Å². The van der Waals surface area contributed by atoms with Crippen LogP contribution in [0, 0.1) is 11.8 Å². The third-order valence-electron chi connectivity index (χ3n) is 5.79. The molecule has 1 amide bonds. The van der Waals surface area contributed by atoms with Crippen molar-refractivity contribution in [3.05, 3.63) is 58.1 Å². The van der Waals surface area contributed by atoms with Crippen LogP contribution in [0.2, 0.25) is 10.0 Å². The van der Waals surface area contributed by atoms with Crippen molar-refractivity contribution in [2.24, 2.45) is 17.6 Å². The fourth-order valence-electron chi connectivity index (χ4n) is 4.10. The Bertz CT molecular complexity index is 872. The van der Waals surface area contributed by atoms with Crippen molar-refractivity contribution in [1.82, 2.24) is 4.90 Å². The van der Waals surface area contributed by atoms with Gasteiger partial charge in [-0.1, -0.05) is 41.4 Å². The number of nitrogens with two attached hydrogens (primary N) is 1. The quantitative estimate of drug-likeness (QED) is 0.467. The molecule has 0 spiro atoms. The van der Waals surface area contributed by atoms with E-state index in [1.807, 2.05) is 29.2 Å². The first-order chi connectivity index (χ1) is 16.0. The number of amides is 1. The average molecular weight is 495 g/mol. The molecule has 2 N–H and O–H groups in total. The minimum absolute atomic E-state index is 0.133. The molecule has 3 rings (SSSR count). The second-order valence-corrected chi connectivity index (χ2v) is 9.09. The summed E-state index contributed by atoms with van der Waals surface area (Å²) in [6.45, 7) is 3.22. The number of para-hydroxylation sites is 1. The summed E-state index contributed by atoms with van der Waals surface area (Å²) in [4.78, 5) is 15.0. The molecule has 180 valence electrons. The number of halogens is 2. The van der Waals surface area contributed by atoms with Crippen LogP contribution in [0.1, 0.15) is 18.4 Å². The van der Waals surface area contributed by atoms with Gasteiger partial charge >= 0.3 is 0 Å². The highest BCUT2D eigenvalue weighted by Crippen LogP contribution is 2.32. The zero-order valence-electron chi connectivity index (χ0n) is 19.0. The molecular weight excluding hydrogens is 463 g/mol. The van der Waals surface area contributed by atoms with E-state index in [1.165, 1.54) is 0 Å². The molecule has 2 aromatic rings. The molecule has 2 unspecified atom stereocenters. The number of carbonyl (C=O) groups excluding carboxylic acids is 1. The van der Waals surface area contributed by atoms with Crippen LogP contribution in [0.3, 0.4) is 0 Å². The third-order valence-corrected chi connectivity index (χ3v) is 6.38. The average Bonchev–Trinajstić information content (AvgIpc) is 2.82. The van der Waals surface area contributed by atoms with Gasteiger partial charge in [-0.2, -0.15) is 0 Å². The molecule has 1 heterocycles. The maximum absolute atomic E-state index is 13.0. The molecule has 6 nitrogen and oxygen atoms in total. The lowest BCUT2D eigenvalue weighted by Crippen LogP contribution is -2.46. The van der Waals surface area contributed by atoms with Gasteiger partial charge in [0.2, 0.25) is 5.91 Å². The summed E-state index contributed by atoms with van der Waals surface area (Å²) in [7, 11) is 1.71. The summed E-state index contributed by atoms with van der Waals surface area (Å²) in [6.07, 6.45) is 2.72. The van der Waals surface area contributed by atoms with E-state index in [0.717, 1.165) is 37.2 Å². The number of ether oxygens (including phenoxy) is 3. The highest BCUT2D eigenvalue weighted by Gasteiger charge is 2.28. The smallest absolute Gasteiger partial charge is 0.227 e. The highest BCUT2D eigenvalue weighted by atomic mass is 35.5. The maximum Gasteiger partial charge on any atom is 0.227 e. The number of benzene rings is 2. The number of hydrogen-bond donors (Lipinski definition) is 1. The maximum atomic E-state index is 13.0. The van der Waals surface area contributed by atoms with E-state index in [-0.39, 0.29) is 11.8 Å². The van der Waals surface area contributed by atoms with Crippen molar-refractivity contribution in [2.45, 2.75) is 19.3 Å². The molecule has 0 aliphatic carbocycles. The molecule has 0 radical (unpaired) electrons. The van der Waals surface area contributed by atoms with Crippen molar-refractivity contribution in [3.63, 3.8) is 0 Å². The molecule has 2 aromatic carbocycles. The fourth-order valence-corrected chi connectivity index (χ4v) is 4.60. The summed E-state index contributed by atoms with van der Waals surface area (Å²) < 4.78 is 16.7. The molecule has 8 heteroatoms. The Morgan fingerprint density at radius 2 is 1.82 bits per heavy atom. The predicted octanol–water partition coefficient (Wildman–Crippen LogP) is 4.45. The lowest BCUT2D eigenvalue weighted by molar-refractivity contribution is -0.137. The highest BCUT2D eigenvalue weighted by molar-refractivity contribution is 6.37. The minimum atomic E-state index is -0.230. The fraction of sp³-hybridized carbons (Fsp3) is 0.480. The van der Waals surface area contributed by atoms with Crippen molar-refractivity contribution < 1.29 is 19.0 Å². The summed E-state index contributed by atoms with van der Waals surface area (Å²) in [5.41, 5.74) is 7.02. The molecule has 0 saturated carbocycles. The predicted molar refractivity (Wildman–Crippen MR) is 131 cm³/mol. The first-order valence-electron chi connectivity index (χ1n) is 11.3. The van der Waals surface area contributed by atoms with Crippen LogP contribution < -0.4 is 15.2 Å². The Morgan fingerprint density at radius 3 is 2.48 bits per heavy atom. The van der Waals surface area contributed by atoms with E-state index in [0.29, 0.717) is 54.5 Å². The summed E-state index contributed by atoms with van der Waals surface area (Å²) in [5, 5.41) is 0.934. The largest absolute Gasteiger partial charge is 0.490 e. The number of carbonyl (C=O) groups is 1.